The number of hydrogen-bond donors (Lipinski definition) is 0. The van der Waals surface area contributed by atoms with Gasteiger partial charge in [-0.3, -0.25) is 9.59 Å². The molecular weight excluding hydrogens is 645 g/mol. The van der Waals surface area contributed by atoms with E-state index in [9.17, 15) is 9.59 Å². The normalized spacial score (nSPS) is 12.5. The van der Waals surface area contributed by atoms with Crippen LogP contribution in [0.3, 0.4) is 0 Å². The van der Waals surface area contributed by atoms with Gasteiger partial charge in [-0.1, -0.05) is 147 Å². The van der Waals surface area contributed by atoms with Gasteiger partial charge in [0, 0.05) is 12.8 Å². The highest BCUT2D eigenvalue weighted by molar-refractivity contribution is 5.90. The third-order valence-electron chi connectivity index (χ3n) is 10.9. The molecule has 0 fully saturated rings. The fourth-order valence-corrected chi connectivity index (χ4v) is 8.29. The maximum Gasteiger partial charge on any atom is 0.155 e. The molecule has 0 unspecified atom stereocenters. The third-order valence-corrected chi connectivity index (χ3v) is 10.9. The van der Waals surface area contributed by atoms with Gasteiger partial charge in [0.25, 0.3) is 0 Å². The van der Waals surface area contributed by atoms with Crippen molar-refractivity contribution in [3.05, 3.63) is 204 Å². The van der Waals surface area contributed by atoms with Gasteiger partial charge in [0.15, 0.2) is 11.6 Å². The number of allylic oxidation sites excluding steroid dienone is 2. The number of rotatable bonds is 16. The second-order valence-corrected chi connectivity index (χ2v) is 14.1. The Morgan fingerprint density at radius 1 is 0.453 bits per heavy atom. The smallest absolute Gasteiger partial charge is 0.155 e. The molecule has 0 aromatic heterocycles. The van der Waals surface area contributed by atoms with E-state index in [1.54, 1.807) is 0 Å². The van der Waals surface area contributed by atoms with Gasteiger partial charge in [-0.15, -0.1) is 0 Å². The summed E-state index contributed by atoms with van der Waals surface area (Å²) in [4.78, 5) is 24.0. The molecule has 2 nitrogen and oxygen atoms in total. The first kappa shape index (κ1) is 35.5. The van der Waals surface area contributed by atoms with Crippen LogP contribution in [0.4, 0.5) is 0 Å². The number of carbonyl (C=O) groups excluding carboxylic acids is 2. The Labute approximate surface area is 314 Å². The van der Waals surface area contributed by atoms with Gasteiger partial charge in [0.2, 0.25) is 0 Å². The van der Waals surface area contributed by atoms with Crippen molar-refractivity contribution >= 4 is 11.6 Å². The molecule has 1 aliphatic rings. The summed E-state index contributed by atoms with van der Waals surface area (Å²) >= 11 is 0. The monoisotopic (exact) mass is 690 g/mol. The first-order valence-corrected chi connectivity index (χ1v) is 18.9. The van der Waals surface area contributed by atoms with Crippen LogP contribution in [0.25, 0.3) is 33.4 Å². The molecule has 0 atom stereocenters. The van der Waals surface area contributed by atoms with Crippen LogP contribution in [-0.2, 0) is 27.8 Å². The molecule has 6 aromatic carbocycles. The van der Waals surface area contributed by atoms with E-state index in [1.165, 1.54) is 78.9 Å². The molecule has 53 heavy (non-hydrogen) atoms. The van der Waals surface area contributed by atoms with Crippen molar-refractivity contribution in [2.45, 2.75) is 56.8 Å². The van der Waals surface area contributed by atoms with E-state index in [0.29, 0.717) is 12.8 Å². The summed E-state index contributed by atoms with van der Waals surface area (Å²) in [6, 6.07) is 53.5. The van der Waals surface area contributed by atoms with Crippen LogP contribution in [0, 0.1) is 0 Å². The van der Waals surface area contributed by atoms with Crippen molar-refractivity contribution in [3.8, 4) is 33.4 Å². The summed E-state index contributed by atoms with van der Waals surface area (Å²) < 4.78 is 0. The van der Waals surface area contributed by atoms with E-state index in [4.69, 9.17) is 0 Å². The summed E-state index contributed by atoms with van der Waals surface area (Å²) in [6.07, 6.45) is 9.25. The number of fused-ring (bicyclic) bond motifs is 3. The lowest BCUT2D eigenvalue weighted by Gasteiger charge is -2.35. The molecule has 6 aromatic rings. The van der Waals surface area contributed by atoms with Crippen molar-refractivity contribution in [2.75, 3.05) is 0 Å². The molecule has 7 rings (SSSR count). The van der Waals surface area contributed by atoms with Crippen molar-refractivity contribution in [2.24, 2.45) is 0 Å². The molecule has 0 saturated heterocycles. The molecule has 0 radical (unpaired) electrons. The molecule has 0 N–H and O–H groups in total. The van der Waals surface area contributed by atoms with Crippen LogP contribution in [0.5, 0.6) is 0 Å². The number of aryl methyl sites for hydroxylation is 2. The molecule has 262 valence electrons. The van der Waals surface area contributed by atoms with Gasteiger partial charge in [-0.25, -0.2) is 0 Å². The van der Waals surface area contributed by atoms with Gasteiger partial charge in [0.1, 0.15) is 0 Å². The number of hydrogen-bond acceptors (Lipinski definition) is 2. The van der Waals surface area contributed by atoms with E-state index in [1.807, 2.05) is 0 Å². The topological polar surface area (TPSA) is 34.1 Å². The van der Waals surface area contributed by atoms with Crippen molar-refractivity contribution in [3.63, 3.8) is 0 Å². The molecule has 2 heteroatoms. The number of carbonyl (C=O) groups is 2. The Morgan fingerprint density at radius 2 is 0.849 bits per heavy atom. The van der Waals surface area contributed by atoms with Crippen molar-refractivity contribution in [1.82, 2.24) is 0 Å². The lowest BCUT2D eigenvalue weighted by molar-refractivity contribution is -0.115. The SMILES string of the molecule is C=CC(=O)CCCCc1ccc(C2(c3ccc(CCCCC(=O)C=C)c(-c4ccccc4)c3)c3ccccc3-c3ccccc32)cc1-c1ccccc1. The van der Waals surface area contributed by atoms with Crippen molar-refractivity contribution in [1.29, 1.82) is 0 Å². The minimum Gasteiger partial charge on any atom is -0.295 e. The predicted molar refractivity (Wildman–Crippen MR) is 220 cm³/mol. The highest BCUT2D eigenvalue weighted by Crippen LogP contribution is 2.57. The second-order valence-electron chi connectivity index (χ2n) is 14.1. The lowest BCUT2D eigenvalue weighted by Crippen LogP contribution is -2.29. The summed E-state index contributed by atoms with van der Waals surface area (Å²) in [5.41, 5.74) is 14.4. The van der Waals surface area contributed by atoms with E-state index in [0.717, 1.165) is 38.5 Å². The van der Waals surface area contributed by atoms with Gasteiger partial charge >= 0.3 is 0 Å². The molecule has 0 bridgehead atoms. The van der Waals surface area contributed by atoms with E-state index >= 15 is 0 Å². The maximum absolute atomic E-state index is 12.0. The van der Waals surface area contributed by atoms with Gasteiger partial charge in [-0.2, -0.15) is 0 Å². The Bertz CT molecular complexity index is 2100. The Balaban J connectivity index is 1.42. The fourth-order valence-electron chi connectivity index (χ4n) is 8.29. The highest BCUT2D eigenvalue weighted by Gasteiger charge is 2.46. The Kier molecular flexibility index (Phi) is 10.9. The van der Waals surface area contributed by atoms with E-state index < -0.39 is 5.41 Å². The van der Waals surface area contributed by atoms with Crippen LogP contribution < -0.4 is 0 Å². The fraction of sp³-hybridized carbons (Fsp3) is 0.176. The van der Waals surface area contributed by atoms with Crippen LogP contribution in [0.2, 0.25) is 0 Å². The van der Waals surface area contributed by atoms with Crippen LogP contribution in [0.15, 0.2) is 171 Å². The molecular formula is C51H46O2. The Morgan fingerprint density at radius 3 is 1.26 bits per heavy atom. The van der Waals surface area contributed by atoms with Crippen LogP contribution in [0.1, 0.15) is 71.9 Å². The first-order valence-electron chi connectivity index (χ1n) is 18.9. The zero-order valence-electron chi connectivity index (χ0n) is 30.4. The number of ketones is 2. The molecule has 1 aliphatic carbocycles. The summed E-state index contributed by atoms with van der Waals surface area (Å²) in [5, 5.41) is 0. The molecule has 0 saturated carbocycles. The Hall–Kier alpha value is -5.86. The average molecular weight is 691 g/mol. The highest BCUT2D eigenvalue weighted by atomic mass is 16.1. The number of benzene rings is 6. The van der Waals surface area contributed by atoms with E-state index in [2.05, 4.69) is 159 Å². The van der Waals surface area contributed by atoms with E-state index in [-0.39, 0.29) is 11.6 Å². The predicted octanol–water partition coefficient (Wildman–Crippen LogP) is 12.3. The standard InChI is InChI=1S/C51H46O2/c1-3-43(52)25-13-11-23-39-31-33-41(35-47(39)37-19-7-5-8-20-37)51(49-29-17-15-27-45(49)46-28-16-18-30-50(46)51)42-34-32-40(24-12-14-26-44(53)4-2)48(36-42)38-21-9-6-10-22-38/h3-10,15-22,27-36H,1-2,11-14,23-26H2. The van der Waals surface area contributed by atoms with Gasteiger partial charge in [0.05, 0.1) is 5.41 Å². The first-order chi connectivity index (χ1) is 26.0. The van der Waals surface area contributed by atoms with Crippen LogP contribution in [-0.4, -0.2) is 11.6 Å². The minimum absolute atomic E-state index is 0.104. The lowest BCUT2D eigenvalue weighted by atomic mass is 9.66. The van der Waals surface area contributed by atoms with Gasteiger partial charge < -0.3 is 0 Å². The number of unbranched alkanes of at least 4 members (excludes halogenated alkanes) is 2. The summed E-state index contributed by atoms with van der Waals surface area (Å²) in [5.74, 6) is 0.209. The van der Waals surface area contributed by atoms with Gasteiger partial charge in [-0.05, 0) is 130 Å². The minimum atomic E-state index is -0.565. The average Bonchev–Trinajstić information content (AvgIpc) is 3.52. The quantitative estimate of drug-likeness (QED) is 0.0747. The second kappa shape index (κ2) is 16.2. The third kappa shape index (κ3) is 7.15. The zero-order valence-corrected chi connectivity index (χ0v) is 30.4. The van der Waals surface area contributed by atoms with Crippen molar-refractivity contribution < 1.29 is 9.59 Å². The summed E-state index contributed by atoms with van der Waals surface area (Å²) in [7, 11) is 0. The molecule has 0 spiro atoms. The molecule has 0 heterocycles. The van der Waals surface area contributed by atoms with Crippen LogP contribution >= 0.6 is 0 Å². The molecule has 0 aliphatic heterocycles. The molecule has 0 amide bonds. The summed E-state index contributed by atoms with van der Waals surface area (Å²) in [6.45, 7) is 7.30. The maximum atomic E-state index is 12.0. The largest absolute Gasteiger partial charge is 0.295 e. The zero-order chi connectivity index (χ0) is 36.6.